The predicted octanol–water partition coefficient (Wildman–Crippen LogP) is 0.684. The molecule has 0 aromatic carbocycles. The fraction of sp³-hybridized carbons (Fsp3) is 0.857. The van der Waals surface area contributed by atoms with Crippen molar-refractivity contribution in [3.05, 3.63) is 0 Å². The summed E-state index contributed by atoms with van der Waals surface area (Å²) >= 11 is 1.84. The maximum Gasteiger partial charge on any atom is 0.320 e. The minimum Gasteiger partial charge on any atom is -0.480 e. The van der Waals surface area contributed by atoms with Crippen LogP contribution >= 0.6 is 11.8 Å². The van der Waals surface area contributed by atoms with Crippen LogP contribution in [0.5, 0.6) is 0 Å². The standard InChI is InChI=1S/C7H13NO2S/c8-6(7(9)10)4-5-2-1-3-11-5/h5-6H,1-4,8H2,(H,9,10)/t5-,6-/m0/s1. The Hall–Kier alpha value is -0.220. The molecule has 0 unspecified atom stereocenters. The van der Waals surface area contributed by atoms with Crippen LogP contribution in [0.1, 0.15) is 19.3 Å². The first-order valence-electron chi connectivity index (χ1n) is 3.80. The summed E-state index contributed by atoms with van der Waals surface area (Å²) in [5.74, 6) is 0.286. The monoisotopic (exact) mass is 175 g/mol. The molecule has 0 bridgehead atoms. The first-order chi connectivity index (χ1) is 5.20. The lowest BCUT2D eigenvalue weighted by molar-refractivity contribution is -0.138. The molecule has 3 nitrogen and oxygen atoms in total. The number of carboxylic acid groups (broad SMARTS) is 1. The Kier molecular flexibility index (Phi) is 3.20. The van der Waals surface area contributed by atoms with E-state index in [4.69, 9.17) is 10.8 Å². The lowest BCUT2D eigenvalue weighted by atomic mass is 10.1. The van der Waals surface area contributed by atoms with E-state index in [1.165, 1.54) is 6.42 Å². The summed E-state index contributed by atoms with van der Waals surface area (Å²) in [6, 6.07) is -0.661. The molecule has 1 aliphatic rings. The van der Waals surface area contributed by atoms with Crippen LogP contribution in [-0.2, 0) is 4.79 Å². The molecular formula is C7H13NO2S. The van der Waals surface area contributed by atoms with E-state index < -0.39 is 12.0 Å². The van der Waals surface area contributed by atoms with Gasteiger partial charge in [0, 0.05) is 5.25 Å². The van der Waals surface area contributed by atoms with E-state index in [0.29, 0.717) is 11.7 Å². The van der Waals surface area contributed by atoms with Gasteiger partial charge in [-0.05, 0) is 25.0 Å². The average molecular weight is 175 g/mol. The Labute approximate surface area is 70.3 Å². The molecule has 1 fully saturated rings. The highest BCUT2D eigenvalue weighted by Crippen LogP contribution is 2.29. The van der Waals surface area contributed by atoms with Gasteiger partial charge >= 0.3 is 5.97 Å². The molecular weight excluding hydrogens is 162 g/mol. The highest BCUT2D eigenvalue weighted by molar-refractivity contribution is 8.00. The van der Waals surface area contributed by atoms with Crippen LogP contribution in [0.15, 0.2) is 0 Å². The fourth-order valence-corrected chi connectivity index (χ4v) is 2.56. The van der Waals surface area contributed by atoms with Crippen LogP contribution in [0.2, 0.25) is 0 Å². The van der Waals surface area contributed by atoms with Crippen molar-refractivity contribution in [2.45, 2.75) is 30.6 Å². The molecule has 0 radical (unpaired) electrons. The number of aliphatic carboxylic acids is 1. The van der Waals surface area contributed by atoms with Crippen molar-refractivity contribution in [3.8, 4) is 0 Å². The van der Waals surface area contributed by atoms with Crippen molar-refractivity contribution >= 4 is 17.7 Å². The lowest BCUT2D eigenvalue weighted by Crippen LogP contribution is -2.32. The molecule has 2 atom stereocenters. The van der Waals surface area contributed by atoms with Gasteiger partial charge in [0.15, 0.2) is 0 Å². The van der Waals surface area contributed by atoms with Crippen molar-refractivity contribution in [1.29, 1.82) is 0 Å². The van der Waals surface area contributed by atoms with Gasteiger partial charge in [-0.2, -0.15) is 11.8 Å². The van der Waals surface area contributed by atoms with E-state index in [9.17, 15) is 4.79 Å². The molecule has 0 amide bonds. The summed E-state index contributed by atoms with van der Waals surface area (Å²) in [6.07, 6.45) is 2.97. The Morgan fingerprint density at radius 1 is 1.82 bits per heavy atom. The largest absolute Gasteiger partial charge is 0.480 e. The van der Waals surface area contributed by atoms with Gasteiger partial charge in [0.05, 0.1) is 0 Å². The van der Waals surface area contributed by atoms with Gasteiger partial charge in [0.2, 0.25) is 0 Å². The Morgan fingerprint density at radius 2 is 2.55 bits per heavy atom. The number of carbonyl (C=O) groups is 1. The molecule has 0 saturated carbocycles. The Balaban J connectivity index is 2.23. The number of nitrogens with two attached hydrogens (primary N) is 1. The van der Waals surface area contributed by atoms with Crippen molar-refractivity contribution in [3.63, 3.8) is 0 Å². The molecule has 3 N–H and O–H groups in total. The molecule has 0 aliphatic carbocycles. The minimum atomic E-state index is -0.877. The molecule has 0 aromatic heterocycles. The van der Waals surface area contributed by atoms with Crippen molar-refractivity contribution in [1.82, 2.24) is 0 Å². The highest BCUT2D eigenvalue weighted by Gasteiger charge is 2.21. The zero-order chi connectivity index (χ0) is 8.27. The summed E-state index contributed by atoms with van der Waals surface area (Å²) in [4.78, 5) is 10.4. The number of hydrogen-bond donors (Lipinski definition) is 2. The number of hydrogen-bond acceptors (Lipinski definition) is 3. The summed E-state index contributed by atoms with van der Waals surface area (Å²) in [7, 11) is 0. The zero-order valence-electron chi connectivity index (χ0n) is 6.32. The van der Waals surface area contributed by atoms with Crippen LogP contribution in [-0.4, -0.2) is 28.1 Å². The molecule has 1 saturated heterocycles. The second kappa shape index (κ2) is 3.97. The molecule has 0 aromatic rings. The molecule has 1 rings (SSSR count). The number of thioether (sulfide) groups is 1. The first kappa shape index (κ1) is 8.87. The zero-order valence-corrected chi connectivity index (χ0v) is 7.14. The van der Waals surface area contributed by atoms with Gasteiger partial charge in [-0.15, -0.1) is 0 Å². The van der Waals surface area contributed by atoms with Crippen LogP contribution in [0.3, 0.4) is 0 Å². The highest BCUT2D eigenvalue weighted by atomic mass is 32.2. The molecule has 0 spiro atoms. The fourth-order valence-electron chi connectivity index (χ4n) is 1.21. The van der Waals surface area contributed by atoms with E-state index in [0.717, 1.165) is 12.2 Å². The third-order valence-corrected chi connectivity index (χ3v) is 3.28. The maximum atomic E-state index is 10.4. The predicted molar refractivity (Wildman–Crippen MR) is 45.7 cm³/mol. The van der Waals surface area contributed by atoms with Crippen molar-refractivity contribution in [2.75, 3.05) is 5.75 Å². The summed E-state index contributed by atoms with van der Waals surface area (Å²) in [5.41, 5.74) is 5.38. The molecule has 1 aliphatic heterocycles. The van der Waals surface area contributed by atoms with Gasteiger partial charge < -0.3 is 10.8 Å². The Bertz CT molecular complexity index is 145. The maximum absolute atomic E-state index is 10.4. The van der Waals surface area contributed by atoms with Crippen LogP contribution in [0.25, 0.3) is 0 Å². The topological polar surface area (TPSA) is 63.3 Å². The van der Waals surface area contributed by atoms with Crippen molar-refractivity contribution < 1.29 is 9.90 Å². The van der Waals surface area contributed by atoms with E-state index >= 15 is 0 Å². The second-order valence-corrected chi connectivity index (χ2v) is 4.22. The first-order valence-corrected chi connectivity index (χ1v) is 4.85. The van der Waals surface area contributed by atoms with Crippen LogP contribution < -0.4 is 5.73 Å². The van der Waals surface area contributed by atoms with E-state index in [-0.39, 0.29) is 0 Å². The van der Waals surface area contributed by atoms with E-state index in [1.54, 1.807) is 0 Å². The average Bonchev–Trinajstić information content (AvgIpc) is 2.39. The van der Waals surface area contributed by atoms with Gasteiger partial charge in [-0.25, -0.2) is 0 Å². The van der Waals surface area contributed by atoms with Gasteiger partial charge in [0.25, 0.3) is 0 Å². The summed E-state index contributed by atoms with van der Waals surface area (Å²) in [6.45, 7) is 0. The Morgan fingerprint density at radius 3 is 3.00 bits per heavy atom. The number of rotatable bonds is 3. The summed E-state index contributed by atoms with van der Waals surface area (Å²) in [5, 5.41) is 9.00. The molecule has 1 heterocycles. The molecule has 4 heteroatoms. The minimum absolute atomic E-state index is 0.487. The third kappa shape index (κ3) is 2.71. The summed E-state index contributed by atoms with van der Waals surface area (Å²) < 4.78 is 0. The SMILES string of the molecule is N[C@@H](C[C@@H]1CCCS1)C(=O)O. The second-order valence-electron chi connectivity index (χ2n) is 2.82. The van der Waals surface area contributed by atoms with Crippen LogP contribution in [0.4, 0.5) is 0 Å². The normalized spacial score (nSPS) is 26.8. The number of carboxylic acids is 1. The molecule has 11 heavy (non-hydrogen) atoms. The quantitative estimate of drug-likeness (QED) is 0.662. The van der Waals surface area contributed by atoms with Crippen LogP contribution in [0, 0.1) is 0 Å². The van der Waals surface area contributed by atoms with Gasteiger partial charge in [-0.3, -0.25) is 4.79 Å². The van der Waals surface area contributed by atoms with Gasteiger partial charge in [-0.1, -0.05) is 0 Å². The van der Waals surface area contributed by atoms with Gasteiger partial charge in [0.1, 0.15) is 6.04 Å². The van der Waals surface area contributed by atoms with E-state index in [2.05, 4.69) is 0 Å². The van der Waals surface area contributed by atoms with Crippen molar-refractivity contribution in [2.24, 2.45) is 5.73 Å². The smallest absolute Gasteiger partial charge is 0.320 e. The molecule has 64 valence electrons. The third-order valence-electron chi connectivity index (χ3n) is 1.86. The van der Waals surface area contributed by atoms with E-state index in [1.807, 2.05) is 11.8 Å². The lowest BCUT2D eigenvalue weighted by Gasteiger charge is -2.10.